The van der Waals surface area contributed by atoms with Gasteiger partial charge in [-0.25, -0.2) is 0 Å². The predicted molar refractivity (Wildman–Crippen MR) is 127 cm³/mol. The highest BCUT2D eigenvalue weighted by Crippen LogP contribution is 2.45. The average Bonchev–Trinajstić information content (AvgIpc) is 3.33. The third kappa shape index (κ3) is 3.34. The molecule has 1 aliphatic heterocycles. The molecule has 2 saturated carbocycles. The van der Waals surface area contributed by atoms with Crippen molar-refractivity contribution >= 4 is 39.6 Å². The summed E-state index contributed by atoms with van der Waals surface area (Å²) in [4.78, 5) is 6.61. The van der Waals surface area contributed by atoms with E-state index in [1.165, 1.54) is 18.4 Å². The van der Waals surface area contributed by atoms with E-state index in [2.05, 4.69) is 42.2 Å². The minimum absolute atomic E-state index is 0.0661. The number of thiophene rings is 1. The van der Waals surface area contributed by atoms with Crippen molar-refractivity contribution in [2.75, 3.05) is 5.75 Å². The molecule has 2 unspecified atom stereocenters. The lowest BCUT2D eigenvalue weighted by atomic mass is 9.79. The van der Waals surface area contributed by atoms with Crippen LogP contribution >= 0.6 is 22.9 Å². The standard InChI is InChI=1S/C24H25ClN2OS2/c25-19-15-18(9-14-23(10-4-5-11-23)17-7-2-1-3-8-17)29-21(19)20-16-30(28)24(12-6-13-24)22(26)27-20/h1-3,7-8,15,20H,4-6,10-13,16H2,(H2,26,27). The maximum Gasteiger partial charge on any atom is 0.113 e. The zero-order chi connectivity index (χ0) is 20.8. The van der Waals surface area contributed by atoms with E-state index in [1.807, 2.05) is 6.07 Å². The van der Waals surface area contributed by atoms with Crippen molar-refractivity contribution in [3.8, 4) is 11.8 Å². The Morgan fingerprint density at radius 2 is 1.87 bits per heavy atom. The molecule has 0 radical (unpaired) electrons. The molecular formula is C24H25ClN2OS2. The summed E-state index contributed by atoms with van der Waals surface area (Å²) in [5.41, 5.74) is 7.51. The number of halogens is 1. The topological polar surface area (TPSA) is 55.4 Å². The second-order valence-electron chi connectivity index (χ2n) is 8.62. The molecule has 2 heterocycles. The molecule has 0 bridgehead atoms. The number of rotatable bonds is 2. The molecule has 156 valence electrons. The van der Waals surface area contributed by atoms with E-state index in [0.717, 1.165) is 41.9 Å². The Morgan fingerprint density at radius 1 is 1.13 bits per heavy atom. The first kappa shape index (κ1) is 20.3. The Morgan fingerprint density at radius 3 is 2.50 bits per heavy atom. The molecule has 2 aromatic rings. The van der Waals surface area contributed by atoms with Gasteiger partial charge in [-0.3, -0.25) is 9.20 Å². The van der Waals surface area contributed by atoms with Gasteiger partial charge in [-0.1, -0.05) is 66.6 Å². The minimum atomic E-state index is -0.998. The number of benzene rings is 1. The van der Waals surface area contributed by atoms with Crippen molar-refractivity contribution in [3.05, 3.63) is 56.7 Å². The summed E-state index contributed by atoms with van der Waals surface area (Å²) in [6.45, 7) is 0. The highest BCUT2D eigenvalue weighted by Gasteiger charge is 2.50. The van der Waals surface area contributed by atoms with Crippen LogP contribution in [0.5, 0.6) is 0 Å². The number of aliphatic imine (C=N–C) groups is 1. The van der Waals surface area contributed by atoms with E-state index in [4.69, 9.17) is 22.3 Å². The predicted octanol–water partition coefficient (Wildman–Crippen LogP) is 5.35. The van der Waals surface area contributed by atoms with Crippen LogP contribution < -0.4 is 5.73 Å². The van der Waals surface area contributed by atoms with Crippen molar-refractivity contribution < 1.29 is 4.21 Å². The van der Waals surface area contributed by atoms with Crippen LogP contribution in [0.1, 0.15) is 66.3 Å². The summed E-state index contributed by atoms with van der Waals surface area (Å²) in [5.74, 6) is 8.07. The number of nitrogens with two attached hydrogens (primary N) is 1. The lowest BCUT2D eigenvalue weighted by Gasteiger charge is -2.43. The zero-order valence-corrected chi connectivity index (χ0v) is 19.2. The molecule has 1 aromatic carbocycles. The van der Waals surface area contributed by atoms with E-state index >= 15 is 0 Å². The number of nitrogens with zero attached hydrogens (tertiary/aromatic N) is 1. The third-order valence-corrected chi connectivity index (χ3v) is 10.6. The van der Waals surface area contributed by atoms with Crippen molar-refractivity contribution in [1.29, 1.82) is 0 Å². The average molecular weight is 457 g/mol. The van der Waals surface area contributed by atoms with Gasteiger partial charge < -0.3 is 5.73 Å². The first-order valence-electron chi connectivity index (χ1n) is 10.6. The Labute approximate surface area is 189 Å². The lowest BCUT2D eigenvalue weighted by Crippen LogP contribution is -2.56. The summed E-state index contributed by atoms with van der Waals surface area (Å²) in [6, 6.07) is 12.3. The number of hydrogen-bond acceptors (Lipinski definition) is 4. The fourth-order valence-corrected chi connectivity index (χ4v) is 8.28. The Balaban J connectivity index is 1.44. The molecule has 0 saturated heterocycles. The highest BCUT2D eigenvalue weighted by atomic mass is 35.5. The molecule has 1 spiro atoms. The molecule has 2 aliphatic carbocycles. The largest absolute Gasteiger partial charge is 0.386 e. The first-order chi connectivity index (χ1) is 14.5. The Bertz CT molecular complexity index is 1070. The van der Waals surface area contributed by atoms with Crippen molar-refractivity contribution in [2.24, 2.45) is 10.7 Å². The molecule has 30 heavy (non-hydrogen) atoms. The lowest BCUT2D eigenvalue weighted by molar-refractivity contribution is 0.430. The van der Waals surface area contributed by atoms with Crippen LogP contribution in [0.25, 0.3) is 0 Å². The monoisotopic (exact) mass is 456 g/mol. The third-order valence-electron chi connectivity index (χ3n) is 6.89. The normalized spacial score (nSPS) is 26.5. The van der Waals surface area contributed by atoms with Gasteiger partial charge >= 0.3 is 0 Å². The van der Waals surface area contributed by atoms with Gasteiger partial charge in [0, 0.05) is 10.8 Å². The van der Waals surface area contributed by atoms with Crippen LogP contribution in [0.3, 0.4) is 0 Å². The molecule has 5 rings (SSSR count). The van der Waals surface area contributed by atoms with Crippen LogP contribution in [-0.4, -0.2) is 20.5 Å². The van der Waals surface area contributed by atoms with E-state index in [1.54, 1.807) is 11.3 Å². The van der Waals surface area contributed by atoms with Crippen LogP contribution in [-0.2, 0) is 16.2 Å². The summed E-state index contributed by atoms with van der Waals surface area (Å²) in [7, 11) is -0.998. The Hall–Kier alpha value is -1.61. The fourth-order valence-electron chi connectivity index (χ4n) is 4.93. The molecule has 2 N–H and O–H groups in total. The van der Waals surface area contributed by atoms with E-state index in [-0.39, 0.29) is 16.2 Å². The van der Waals surface area contributed by atoms with Gasteiger partial charge in [0.25, 0.3) is 0 Å². The quantitative estimate of drug-likeness (QED) is 0.619. The van der Waals surface area contributed by atoms with Crippen LogP contribution in [0, 0.1) is 11.8 Å². The van der Waals surface area contributed by atoms with E-state index < -0.39 is 10.8 Å². The summed E-state index contributed by atoms with van der Waals surface area (Å²) in [5, 5.41) is 0.660. The maximum absolute atomic E-state index is 12.9. The molecule has 1 aromatic heterocycles. The van der Waals surface area contributed by atoms with Crippen molar-refractivity contribution in [1.82, 2.24) is 0 Å². The first-order valence-corrected chi connectivity index (χ1v) is 13.1. The molecule has 2 atom stereocenters. The molecule has 3 aliphatic rings. The summed E-state index contributed by atoms with van der Waals surface area (Å²) in [6.07, 6.45) is 7.47. The highest BCUT2D eigenvalue weighted by molar-refractivity contribution is 7.87. The molecule has 0 amide bonds. The molecule has 3 nitrogen and oxygen atoms in total. The van der Waals surface area contributed by atoms with E-state index in [0.29, 0.717) is 16.6 Å². The van der Waals surface area contributed by atoms with Gasteiger partial charge in [-0.15, -0.1) is 11.3 Å². The Kier molecular flexibility index (Phi) is 5.29. The van der Waals surface area contributed by atoms with Crippen LogP contribution in [0.4, 0.5) is 0 Å². The fraction of sp³-hybridized carbons (Fsp3) is 0.458. The van der Waals surface area contributed by atoms with Gasteiger partial charge in [0.1, 0.15) is 10.6 Å². The minimum Gasteiger partial charge on any atom is -0.386 e. The number of amidine groups is 1. The van der Waals surface area contributed by atoms with Crippen LogP contribution in [0.15, 0.2) is 41.4 Å². The maximum atomic E-state index is 12.9. The number of hydrogen-bond donors (Lipinski definition) is 1. The zero-order valence-electron chi connectivity index (χ0n) is 16.8. The summed E-state index contributed by atoms with van der Waals surface area (Å²) < 4.78 is 12.5. The van der Waals surface area contributed by atoms with Gasteiger partial charge in [0.05, 0.1) is 32.0 Å². The van der Waals surface area contributed by atoms with Crippen LogP contribution in [0.2, 0.25) is 5.02 Å². The second-order valence-corrected chi connectivity index (χ2v) is 11.9. The van der Waals surface area contributed by atoms with Crippen molar-refractivity contribution in [2.45, 2.75) is 61.1 Å². The smallest absolute Gasteiger partial charge is 0.113 e. The van der Waals surface area contributed by atoms with Gasteiger partial charge in [0.2, 0.25) is 0 Å². The van der Waals surface area contributed by atoms with Gasteiger partial charge in [-0.05, 0) is 43.7 Å². The van der Waals surface area contributed by atoms with E-state index in [9.17, 15) is 4.21 Å². The molecular weight excluding hydrogens is 432 g/mol. The molecule has 6 heteroatoms. The summed E-state index contributed by atoms with van der Waals surface area (Å²) >= 11 is 8.14. The SMILES string of the molecule is NC1=NC(c2sc(C#CC3(c4ccccc4)CCCC3)cc2Cl)CS(=O)C12CCC2. The van der Waals surface area contributed by atoms with Gasteiger partial charge in [-0.2, -0.15) is 0 Å². The second kappa shape index (κ2) is 7.82. The van der Waals surface area contributed by atoms with Gasteiger partial charge in [0.15, 0.2) is 0 Å². The molecule has 2 fully saturated rings. The van der Waals surface area contributed by atoms with Crippen molar-refractivity contribution in [3.63, 3.8) is 0 Å².